The number of nitrogens with zero attached hydrogens (tertiary/aromatic N) is 1. The minimum Gasteiger partial charge on any atom is -0.267 e. The molecule has 0 N–H and O–H groups in total. The molecule has 0 spiro atoms. The van der Waals surface area contributed by atoms with Gasteiger partial charge in [0.25, 0.3) is 0 Å². The Labute approximate surface area is 55.9 Å². The third-order valence-electron chi connectivity index (χ3n) is 0.262. The van der Waals surface area contributed by atoms with Crippen LogP contribution in [0.4, 0.5) is 0 Å². The highest BCUT2D eigenvalue weighted by Crippen LogP contribution is 1.97. The van der Waals surface area contributed by atoms with E-state index >= 15 is 0 Å². The summed E-state index contributed by atoms with van der Waals surface area (Å²) in [5.74, 6) is 0. The van der Waals surface area contributed by atoms with E-state index in [1.165, 1.54) is 5.67 Å². The SMILES string of the molecule is CC(I)/N=C/Cl. The maximum absolute atomic E-state index is 5.10. The first-order valence-corrected chi connectivity index (χ1v) is 3.21. The second kappa shape index (κ2) is 3.87. The lowest BCUT2D eigenvalue weighted by Crippen LogP contribution is -1.77. The van der Waals surface area contributed by atoms with E-state index in [1.807, 2.05) is 6.92 Å². The number of hydrogen-bond donors (Lipinski definition) is 0. The van der Waals surface area contributed by atoms with Crippen molar-refractivity contribution in [3.05, 3.63) is 0 Å². The van der Waals surface area contributed by atoms with Crippen LogP contribution in [-0.2, 0) is 0 Å². The molecule has 0 saturated heterocycles. The Morgan fingerprint density at radius 1 is 2.00 bits per heavy atom. The van der Waals surface area contributed by atoms with Gasteiger partial charge in [-0.05, 0) is 6.92 Å². The summed E-state index contributed by atoms with van der Waals surface area (Å²) in [6.07, 6.45) is 0. The lowest BCUT2D eigenvalue weighted by molar-refractivity contribution is 1.10. The predicted molar refractivity (Wildman–Crippen MR) is 37.8 cm³/mol. The van der Waals surface area contributed by atoms with Crippen LogP contribution in [0.15, 0.2) is 4.99 Å². The fraction of sp³-hybridized carbons (Fsp3) is 0.667. The Kier molecular flexibility index (Phi) is 4.31. The van der Waals surface area contributed by atoms with E-state index in [1.54, 1.807) is 0 Å². The fourth-order valence-corrected chi connectivity index (χ4v) is 0.598. The van der Waals surface area contributed by atoms with Crippen molar-refractivity contribution >= 4 is 39.9 Å². The first-order valence-electron chi connectivity index (χ1n) is 1.53. The summed E-state index contributed by atoms with van der Waals surface area (Å²) in [5, 5.41) is 0. The molecule has 0 saturated carbocycles. The minimum atomic E-state index is 0.306. The summed E-state index contributed by atoms with van der Waals surface area (Å²) in [6, 6.07) is 0. The molecule has 0 bridgehead atoms. The average molecular weight is 217 g/mol. The maximum Gasteiger partial charge on any atom is 0.0993 e. The summed E-state index contributed by atoms with van der Waals surface area (Å²) in [6.45, 7) is 1.96. The third-order valence-corrected chi connectivity index (χ3v) is 0.696. The molecule has 1 nitrogen and oxygen atoms in total. The second-order valence-electron chi connectivity index (χ2n) is 0.821. The predicted octanol–water partition coefficient (Wildman–Crippen LogP) is 2.03. The van der Waals surface area contributed by atoms with Crippen LogP contribution in [0, 0.1) is 0 Å². The van der Waals surface area contributed by atoms with Gasteiger partial charge < -0.3 is 0 Å². The number of rotatable bonds is 1. The molecule has 0 aliphatic heterocycles. The van der Waals surface area contributed by atoms with Crippen LogP contribution in [-0.4, -0.2) is 9.72 Å². The van der Waals surface area contributed by atoms with Gasteiger partial charge in [-0.2, -0.15) is 0 Å². The highest BCUT2D eigenvalue weighted by Gasteiger charge is 1.80. The first kappa shape index (κ1) is 6.69. The average Bonchev–Trinajstić information content (AvgIpc) is 1.35. The monoisotopic (exact) mass is 217 g/mol. The number of halogens is 2. The second-order valence-corrected chi connectivity index (χ2v) is 2.82. The van der Waals surface area contributed by atoms with Gasteiger partial charge in [0, 0.05) is 0 Å². The van der Waals surface area contributed by atoms with Crippen LogP contribution in [0.25, 0.3) is 0 Å². The van der Waals surface area contributed by atoms with Crippen LogP contribution >= 0.6 is 34.2 Å². The Morgan fingerprint density at radius 3 is 2.50 bits per heavy atom. The van der Waals surface area contributed by atoms with E-state index < -0.39 is 0 Å². The van der Waals surface area contributed by atoms with Crippen molar-refractivity contribution < 1.29 is 0 Å². The molecule has 0 aliphatic rings. The van der Waals surface area contributed by atoms with Crippen molar-refractivity contribution in [1.29, 1.82) is 0 Å². The minimum absolute atomic E-state index is 0.306. The molecule has 0 radical (unpaired) electrons. The van der Waals surface area contributed by atoms with Gasteiger partial charge in [0.2, 0.25) is 0 Å². The highest BCUT2D eigenvalue weighted by atomic mass is 127. The number of alkyl halides is 1. The molecule has 0 aliphatic carbocycles. The van der Waals surface area contributed by atoms with Crippen LogP contribution in [0.1, 0.15) is 6.92 Å². The Bertz CT molecular complexity index is 52.8. The molecule has 0 fully saturated rings. The maximum atomic E-state index is 5.10. The number of hydrogen-bond acceptors (Lipinski definition) is 1. The molecule has 3 heteroatoms. The lowest BCUT2D eigenvalue weighted by Gasteiger charge is -1.84. The molecule has 0 aromatic carbocycles. The smallest absolute Gasteiger partial charge is 0.0993 e. The zero-order valence-corrected chi connectivity index (χ0v) is 6.27. The molecule has 0 aromatic rings. The zero-order chi connectivity index (χ0) is 4.99. The van der Waals surface area contributed by atoms with Crippen LogP contribution in [0.5, 0.6) is 0 Å². The fourth-order valence-electron chi connectivity index (χ4n) is 0.0776. The Balaban J connectivity index is 3.03. The molecular weight excluding hydrogens is 212 g/mol. The van der Waals surface area contributed by atoms with Crippen LogP contribution in [0.3, 0.4) is 0 Å². The Hall–Kier alpha value is 0.690. The quantitative estimate of drug-likeness (QED) is 0.276. The third kappa shape index (κ3) is 4.69. The van der Waals surface area contributed by atoms with Gasteiger partial charge in [-0.1, -0.05) is 34.2 Å². The van der Waals surface area contributed by atoms with E-state index in [2.05, 4.69) is 27.6 Å². The van der Waals surface area contributed by atoms with Crippen molar-refractivity contribution in [3.63, 3.8) is 0 Å². The summed E-state index contributed by atoms with van der Waals surface area (Å²) >= 11 is 7.26. The Morgan fingerprint density at radius 2 is 2.50 bits per heavy atom. The molecule has 1 atom stereocenters. The summed E-state index contributed by atoms with van der Waals surface area (Å²) in [4.78, 5) is 3.75. The molecule has 36 valence electrons. The lowest BCUT2D eigenvalue weighted by atomic mass is 10.8. The molecule has 0 heterocycles. The zero-order valence-electron chi connectivity index (χ0n) is 3.36. The van der Waals surface area contributed by atoms with E-state index in [-0.39, 0.29) is 0 Å². The van der Waals surface area contributed by atoms with Gasteiger partial charge in [0.05, 0.1) is 9.72 Å². The van der Waals surface area contributed by atoms with E-state index in [9.17, 15) is 0 Å². The van der Waals surface area contributed by atoms with Crippen LogP contribution < -0.4 is 0 Å². The largest absolute Gasteiger partial charge is 0.267 e. The van der Waals surface area contributed by atoms with E-state index in [4.69, 9.17) is 11.6 Å². The van der Waals surface area contributed by atoms with Gasteiger partial charge >= 0.3 is 0 Å². The van der Waals surface area contributed by atoms with Crippen molar-refractivity contribution in [2.75, 3.05) is 0 Å². The van der Waals surface area contributed by atoms with E-state index in [0.717, 1.165) is 0 Å². The summed E-state index contributed by atoms with van der Waals surface area (Å²) in [7, 11) is 0. The van der Waals surface area contributed by atoms with Crippen LogP contribution in [0.2, 0.25) is 0 Å². The van der Waals surface area contributed by atoms with Crippen molar-refractivity contribution in [2.45, 2.75) is 11.0 Å². The normalized spacial score (nSPS) is 15.8. The molecule has 1 unspecified atom stereocenters. The van der Waals surface area contributed by atoms with Gasteiger partial charge in [-0.15, -0.1) is 0 Å². The molecular formula is C3H5ClIN. The number of aliphatic imine (C=N–C) groups is 1. The van der Waals surface area contributed by atoms with Crippen molar-refractivity contribution in [1.82, 2.24) is 0 Å². The molecule has 0 aromatic heterocycles. The highest BCUT2D eigenvalue weighted by molar-refractivity contribution is 14.1. The first-order chi connectivity index (χ1) is 2.77. The van der Waals surface area contributed by atoms with Gasteiger partial charge in [-0.25, -0.2) is 0 Å². The standard InChI is InChI=1S/C3H5ClIN/c1-3(5)6-2-4/h2-3H,1H3/b6-2+. The van der Waals surface area contributed by atoms with Crippen molar-refractivity contribution in [2.24, 2.45) is 4.99 Å². The topological polar surface area (TPSA) is 12.4 Å². The summed E-state index contributed by atoms with van der Waals surface area (Å²) in [5.41, 5.74) is 1.29. The molecule has 0 rings (SSSR count). The van der Waals surface area contributed by atoms with Gasteiger partial charge in [0.1, 0.15) is 0 Å². The summed E-state index contributed by atoms with van der Waals surface area (Å²) < 4.78 is 0.306. The molecule has 0 amide bonds. The van der Waals surface area contributed by atoms with Gasteiger partial charge in [0.15, 0.2) is 0 Å². The van der Waals surface area contributed by atoms with Crippen molar-refractivity contribution in [3.8, 4) is 0 Å². The van der Waals surface area contributed by atoms with Gasteiger partial charge in [-0.3, -0.25) is 4.99 Å². The van der Waals surface area contributed by atoms with E-state index in [0.29, 0.717) is 4.05 Å². The molecule has 6 heavy (non-hydrogen) atoms.